The van der Waals surface area contributed by atoms with Gasteiger partial charge in [0.05, 0.1) is 36.1 Å². The van der Waals surface area contributed by atoms with E-state index in [2.05, 4.69) is 31.8 Å². The Morgan fingerprint density at radius 1 is 1.21 bits per heavy atom. The van der Waals surface area contributed by atoms with Crippen LogP contribution in [-0.4, -0.2) is 49.8 Å². The lowest BCUT2D eigenvalue weighted by atomic mass is 10.1. The molecule has 0 aliphatic rings. The number of rotatable bonds is 11. The monoisotopic (exact) mass is 567 g/mol. The predicted octanol–water partition coefficient (Wildman–Crippen LogP) is 3.95. The van der Waals surface area contributed by atoms with Gasteiger partial charge >= 0.3 is 0 Å². The molecule has 0 spiro atoms. The summed E-state index contributed by atoms with van der Waals surface area (Å²) in [6.45, 7) is 5.14. The fourth-order valence-electron chi connectivity index (χ4n) is 4.68. The van der Waals surface area contributed by atoms with E-state index in [4.69, 9.17) is 14.9 Å². The smallest absolute Gasteiger partial charge is 0.295 e. The summed E-state index contributed by atoms with van der Waals surface area (Å²) in [6.07, 6.45) is 2.15. The summed E-state index contributed by atoms with van der Waals surface area (Å²) in [6, 6.07) is 14.4. The Morgan fingerprint density at radius 3 is 2.76 bits per heavy atom. The molecule has 42 heavy (non-hydrogen) atoms. The Labute approximate surface area is 240 Å². The third-order valence-corrected chi connectivity index (χ3v) is 6.62. The number of anilines is 2. The first-order chi connectivity index (χ1) is 20.3. The maximum absolute atomic E-state index is 13.3. The number of ether oxygens (including phenoxy) is 1. The highest BCUT2D eigenvalue weighted by Crippen LogP contribution is 2.31. The van der Waals surface area contributed by atoms with E-state index in [0.717, 1.165) is 5.69 Å². The first-order valence-corrected chi connectivity index (χ1v) is 13.3. The van der Waals surface area contributed by atoms with Gasteiger partial charge in [-0.05, 0) is 50.6 Å². The fourth-order valence-corrected chi connectivity index (χ4v) is 4.68. The van der Waals surface area contributed by atoms with Crippen molar-refractivity contribution in [2.75, 3.05) is 24.3 Å². The van der Waals surface area contributed by atoms with Crippen LogP contribution in [0.1, 0.15) is 45.4 Å². The lowest BCUT2D eigenvalue weighted by Gasteiger charge is -2.13. The molecule has 5 aromatic rings. The van der Waals surface area contributed by atoms with Gasteiger partial charge in [-0.25, -0.2) is 9.97 Å². The average molecular weight is 568 g/mol. The number of amides is 2. The van der Waals surface area contributed by atoms with Gasteiger partial charge in [0, 0.05) is 30.8 Å². The van der Waals surface area contributed by atoms with Crippen LogP contribution >= 0.6 is 0 Å². The zero-order valence-electron chi connectivity index (χ0n) is 23.3. The molecule has 0 bridgehead atoms. The third-order valence-electron chi connectivity index (χ3n) is 6.62. The van der Waals surface area contributed by atoms with Crippen LogP contribution in [0.5, 0.6) is 5.75 Å². The predicted molar refractivity (Wildman–Crippen MR) is 155 cm³/mol. The number of aryl methyl sites for hydroxylation is 3. The van der Waals surface area contributed by atoms with E-state index < -0.39 is 5.91 Å². The van der Waals surface area contributed by atoms with Gasteiger partial charge in [-0.2, -0.15) is 10.4 Å². The molecule has 2 amide bonds. The number of nitrogens with two attached hydrogens (primary N) is 1. The van der Waals surface area contributed by atoms with E-state index in [1.807, 2.05) is 24.5 Å². The molecule has 3 heterocycles. The average Bonchev–Trinajstić information content (AvgIpc) is 3.71. The highest BCUT2D eigenvalue weighted by molar-refractivity contribution is 6.04. The summed E-state index contributed by atoms with van der Waals surface area (Å²) >= 11 is 0. The van der Waals surface area contributed by atoms with Crippen LogP contribution in [0.2, 0.25) is 0 Å². The molecular formula is C29H29N9O4. The second-order valence-electron chi connectivity index (χ2n) is 9.41. The van der Waals surface area contributed by atoms with Crippen molar-refractivity contribution in [2.24, 2.45) is 5.73 Å². The summed E-state index contributed by atoms with van der Waals surface area (Å²) in [5.41, 5.74) is 9.08. The van der Waals surface area contributed by atoms with Gasteiger partial charge in [0.1, 0.15) is 17.0 Å². The molecule has 13 heteroatoms. The number of nitrogens with one attached hydrogen (secondary N) is 2. The van der Waals surface area contributed by atoms with E-state index in [1.165, 1.54) is 7.11 Å². The molecule has 3 aromatic heterocycles. The van der Waals surface area contributed by atoms with E-state index >= 15 is 0 Å². The molecule has 0 atom stereocenters. The van der Waals surface area contributed by atoms with Crippen molar-refractivity contribution < 1.29 is 18.7 Å². The summed E-state index contributed by atoms with van der Waals surface area (Å²) in [5, 5.41) is 19.8. The molecule has 0 unspecified atom stereocenters. The second kappa shape index (κ2) is 11.8. The first-order valence-electron chi connectivity index (χ1n) is 13.3. The molecule has 0 saturated heterocycles. The molecule has 5 rings (SSSR count). The molecule has 13 nitrogen and oxygen atoms in total. The van der Waals surface area contributed by atoms with Crippen LogP contribution < -0.4 is 21.1 Å². The largest absolute Gasteiger partial charge is 0.494 e. The molecule has 0 aliphatic carbocycles. The van der Waals surface area contributed by atoms with E-state index in [9.17, 15) is 14.9 Å². The first kappa shape index (κ1) is 27.9. The molecule has 0 saturated carbocycles. The Balaban J connectivity index is 1.39. The summed E-state index contributed by atoms with van der Waals surface area (Å²) in [4.78, 5) is 34.1. The van der Waals surface area contributed by atoms with Crippen LogP contribution in [0.25, 0.3) is 22.4 Å². The van der Waals surface area contributed by atoms with Gasteiger partial charge in [0.15, 0.2) is 5.76 Å². The number of oxazole rings is 1. The fraction of sp³-hybridized carbons (Fsp3) is 0.241. The second-order valence-corrected chi connectivity index (χ2v) is 9.41. The molecule has 0 radical (unpaired) electrons. The van der Waals surface area contributed by atoms with Gasteiger partial charge in [-0.1, -0.05) is 12.1 Å². The van der Waals surface area contributed by atoms with Gasteiger partial charge in [0.25, 0.3) is 11.9 Å². The summed E-state index contributed by atoms with van der Waals surface area (Å²) < 4.78 is 14.8. The normalized spacial score (nSPS) is 10.9. The van der Waals surface area contributed by atoms with Crippen LogP contribution in [0.4, 0.5) is 12.0 Å². The zero-order chi connectivity index (χ0) is 29.8. The molecule has 0 aliphatic heterocycles. The summed E-state index contributed by atoms with van der Waals surface area (Å²) in [5.74, 6) is 0.167. The van der Waals surface area contributed by atoms with Crippen LogP contribution in [0.3, 0.4) is 0 Å². The van der Waals surface area contributed by atoms with Gasteiger partial charge in [0.2, 0.25) is 11.9 Å². The molecule has 4 N–H and O–H groups in total. The Morgan fingerprint density at radius 2 is 2.02 bits per heavy atom. The Bertz CT molecular complexity index is 1830. The SMILES string of the molecule is CCn1nc(C)cc1C(=O)Nc1nc2cc(C(N)=O)cc(OC)c2n1CCCNc1ncc(-c2ccccc2C#N)o1. The maximum Gasteiger partial charge on any atom is 0.295 e. The topological polar surface area (TPSA) is 179 Å². The van der Waals surface area contributed by atoms with Crippen molar-refractivity contribution in [3.05, 3.63) is 71.2 Å². The van der Waals surface area contributed by atoms with E-state index in [-0.39, 0.29) is 17.4 Å². The molecule has 0 fully saturated rings. The van der Waals surface area contributed by atoms with Crippen LogP contribution in [0.15, 0.2) is 53.1 Å². The van der Waals surface area contributed by atoms with Crippen molar-refractivity contribution in [3.8, 4) is 23.1 Å². The number of carbonyl (C=O) groups is 2. The highest BCUT2D eigenvalue weighted by Gasteiger charge is 2.21. The van der Waals surface area contributed by atoms with E-state index in [0.29, 0.717) is 71.4 Å². The third kappa shape index (κ3) is 5.50. The number of nitrogens with zero attached hydrogens (tertiary/aromatic N) is 6. The molecule has 2 aromatic carbocycles. The summed E-state index contributed by atoms with van der Waals surface area (Å²) in [7, 11) is 1.49. The number of nitriles is 1. The number of imidazole rings is 1. The molecule has 214 valence electrons. The number of hydrogen-bond donors (Lipinski definition) is 3. The van der Waals surface area contributed by atoms with E-state index in [1.54, 1.807) is 47.3 Å². The van der Waals surface area contributed by atoms with Crippen LogP contribution in [0, 0.1) is 18.3 Å². The lowest BCUT2D eigenvalue weighted by Crippen LogP contribution is -2.20. The Kier molecular flexibility index (Phi) is 7.87. The maximum atomic E-state index is 13.3. The van der Waals surface area contributed by atoms with Crippen molar-refractivity contribution >= 4 is 34.8 Å². The van der Waals surface area contributed by atoms with Gasteiger partial charge < -0.3 is 24.8 Å². The number of methoxy groups -OCH3 is 1. The number of benzene rings is 2. The van der Waals surface area contributed by atoms with Crippen LogP contribution in [-0.2, 0) is 13.1 Å². The number of fused-ring (bicyclic) bond motifs is 1. The van der Waals surface area contributed by atoms with Gasteiger partial charge in [-0.15, -0.1) is 0 Å². The minimum absolute atomic E-state index is 0.237. The zero-order valence-corrected chi connectivity index (χ0v) is 23.3. The number of hydrogen-bond acceptors (Lipinski definition) is 9. The highest BCUT2D eigenvalue weighted by atomic mass is 16.5. The van der Waals surface area contributed by atoms with Crippen molar-refractivity contribution in [1.82, 2.24) is 24.3 Å². The van der Waals surface area contributed by atoms with Crippen molar-refractivity contribution in [2.45, 2.75) is 33.4 Å². The number of primary amides is 1. The minimum Gasteiger partial charge on any atom is -0.494 e. The number of carbonyl (C=O) groups excluding carboxylic acids is 2. The van der Waals surface area contributed by atoms with Crippen molar-refractivity contribution in [1.29, 1.82) is 5.26 Å². The van der Waals surface area contributed by atoms with Crippen molar-refractivity contribution in [3.63, 3.8) is 0 Å². The molecular weight excluding hydrogens is 538 g/mol. The standard InChI is InChI=1S/C29H29N9O4/c1-4-38-22(12-17(2)36-38)27(40)35-28-34-21-13-19(26(31)39)14-23(41-3)25(21)37(28)11-7-10-32-29-33-16-24(42-29)20-9-6-5-8-18(20)15-30/h5-6,8-9,12-14,16H,4,7,10-11H2,1-3H3,(H2,31,39)(H,32,33)(H,34,35,40). The Hall–Kier alpha value is -5.64. The quantitative estimate of drug-likeness (QED) is 0.199. The van der Waals surface area contributed by atoms with Gasteiger partial charge in [-0.3, -0.25) is 19.6 Å². The number of aromatic nitrogens is 5. The minimum atomic E-state index is -0.621. The lowest BCUT2D eigenvalue weighted by molar-refractivity contribution is 0.0995.